The fraction of sp³-hybridized carbons (Fsp3) is 0.235. The molecule has 0 unspecified atom stereocenters. The minimum Gasteiger partial charge on any atom is -0.366 e. The molecule has 0 bridgehead atoms. The molecule has 6 heteroatoms. The first kappa shape index (κ1) is 17.0. The number of anilines is 1. The van der Waals surface area contributed by atoms with Crippen LogP contribution in [-0.4, -0.2) is 14.3 Å². The summed E-state index contributed by atoms with van der Waals surface area (Å²) >= 11 is 0. The molecule has 0 aliphatic rings. The third kappa shape index (κ3) is 4.56. The summed E-state index contributed by atoms with van der Waals surface area (Å²) in [6, 6.07) is 12.8. The monoisotopic (exact) mass is 332 g/mol. The first-order chi connectivity index (χ1) is 10.9. The maximum Gasteiger partial charge on any atom is 0.261 e. The molecule has 0 aromatic heterocycles. The lowest BCUT2D eigenvalue weighted by Gasteiger charge is -2.09. The van der Waals surface area contributed by atoms with Gasteiger partial charge in [-0.15, -0.1) is 0 Å². The second-order valence-corrected chi connectivity index (χ2v) is 6.98. The van der Waals surface area contributed by atoms with Gasteiger partial charge in [0.1, 0.15) is 0 Å². The minimum absolute atomic E-state index is 0.0811. The smallest absolute Gasteiger partial charge is 0.261 e. The van der Waals surface area contributed by atoms with Crippen LogP contribution in [0, 0.1) is 0 Å². The molecule has 0 saturated heterocycles. The highest BCUT2D eigenvalue weighted by Gasteiger charge is 2.14. The molecule has 2 rings (SSSR count). The predicted octanol–water partition coefficient (Wildman–Crippen LogP) is 2.93. The Labute approximate surface area is 136 Å². The summed E-state index contributed by atoms with van der Waals surface area (Å²) in [5.74, 6) is -0.593. The molecule has 0 saturated carbocycles. The molecule has 0 fully saturated rings. The zero-order valence-electron chi connectivity index (χ0n) is 13.0. The highest BCUT2D eigenvalue weighted by molar-refractivity contribution is 7.92. The van der Waals surface area contributed by atoms with Gasteiger partial charge in [0.25, 0.3) is 10.0 Å². The van der Waals surface area contributed by atoms with Gasteiger partial charge in [-0.1, -0.05) is 25.5 Å². The van der Waals surface area contributed by atoms with Crippen molar-refractivity contribution in [3.8, 4) is 0 Å². The highest BCUT2D eigenvalue weighted by atomic mass is 32.2. The predicted molar refractivity (Wildman–Crippen MR) is 90.8 cm³/mol. The Morgan fingerprint density at radius 3 is 2.17 bits per heavy atom. The zero-order valence-corrected chi connectivity index (χ0v) is 13.8. The van der Waals surface area contributed by atoms with E-state index in [1.54, 1.807) is 12.1 Å². The van der Waals surface area contributed by atoms with Gasteiger partial charge in [0.15, 0.2) is 0 Å². The molecular formula is C17H20N2O3S. The lowest BCUT2D eigenvalue weighted by molar-refractivity contribution is 0.1000. The standard InChI is InChI=1S/C17H20N2O3S/c1-2-3-4-13-5-9-15(10-6-13)19-23(21,22)16-11-7-14(8-12-16)17(18)20/h5-12,19H,2-4H2,1H3,(H2,18,20). The number of sulfonamides is 1. The fourth-order valence-corrected chi connectivity index (χ4v) is 3.19. The quantitative estimate of drug-likeness (QED) is 0.817. The second kappa shape index (κ2) is 7.28. The number of nitrogens with two attached hydrogens (primary N) is 1. The van der Waals surface area contributed by atoms with Crippen LogP contribution in [0.15, 0.2) is 53.4 Å². The molecule has 0 radical (unpaired) electrons. The van der Waals surface area contributed by atoms with Crippen molar-refractivity contribution in [1.29, 1.82) is 0 Å². The maximum atomic E-state index is 12.3. The number of unbranched alkanes of at least 4 members (excludes halogenated alkanes) is 1. The number of amides is 1. The van der Waals surface area contributed by atoms with Gasteiger partial charge in [-0.3, -0.25) is 9.52 Å². The van der Waals surface area contributed by atoms with Crippen LogP contribution in [0.5, 0.6) is 0 Å². The lowest BCUT2D eigenvalue weighted by atomic mass is 10.1. The molecule has 122 valence electrons. The van der Waals surface area contributed by atoms with Crippen LogP contribution in [0.4, 0.5) is 5.69 Å². The third-order valence-corrected chi connectivity index (χ3v) is 4.87. The van der Waals surface area contributed by atoms with E-state index in [4.69, 9.17) is 5.73 Å². The third-order valence-electron chi connectivity index (χ3n) is 3.47. The van der Waals surface area contributed by atoms with E-state index in [-0.39, 0.29) is 10.5 Å². The van der Waals surface area contributed by atoms with Crippen molar-refractivity contribution in [3.63, 3.8) is 0 Å². The van der Waals surface area contributed by atoms with Crippen molar-refractivity contribution in [2.75, 3.05) is 4.72 Å². The Kier molecular flexibility index (Phi) is 5.39. The van der Waals surface area contributed by atoms with Gasteiger partial charge in [-0.05, 0) is 54.8 Å². The van der Waals surface area contributed by atoms with Crippen molar-refractivity contribution >= 4 is 21.6 Å². The Morgan fingerprint density at radius 2 is 1.65 bits per heavy atom. The number of primary amides is 1. The Balaban J connectivity index is 2.12. The van der Waals surface area contributed by atoms with Crippen LogP contribution in [-0.2, 0) is 16.4 Å². The summed E-state index contributed by atoms with van der Waals surface area (Å²) in [5.41, 5.74) is 7.09. The number of rotatable bonds is 7. The van der Waals surface area contributed by atoms with Crippen LogP contribution in [0.1, 0.15) is 35.7 Å². The van der Waals surface area contributed by atoms with Crippen LogP contribution < -0.4 is 10.5 Å². The first-order valence-electron chi connectivity index (χ1n) is 7.44. The first-order valence-corrected chi connectivity index (χ1v) is 8.92. The SMILES string of the molecule is CCCCc1ccc(NS(=O)(=O)c2ccc(C(N)=O)cc2)cc1. The number of aryl methyl sites for hydroxylation is 1. The summed E-state index contributed by atoms with van der Waals surface area (Å²) in [5, 5.41) is 0. The van der Waals surface area contributed by atoms with Crippen LogP contribution >= 0.6 is 0 Å². The molecule has 0 aliphatic carbocycles. The molecule has 3 N–H and O–H groups in total. The Bertz CT molecular complexity index is 766. The molecular weight excluding hydrogens is 312 g/mol. The van der Waals surface area contributed by atoms with Gasteiger partial charge in [0, 0.05) is 11.3 Å². The van der Waals surface area contributed by atoms with Gasteiger partial charge in [0.2, 0.25) is 5.91 Å². The lowest BCUT2D eigenvalue weighted by Crippen LogP contribution is -2.14. The van der Waals surface area contributed by atoms with E-state index in [1.165, 1.54) is 29.8 Å². The number of benzene rings is 2. The van der Waals surface area contributed by atoms with E-state index < -0.39 is 15.9 Å². The van der Waals surface area contributed by atoms with Crippen molar-refractivity contribution < 1.29 is 13.2 Å². The highest BCUT2D eigenvalue weighted by Crippen LogP contribution is 2.18. The van der Waals surface area contributed by atoms with Crippen molar-refractivity contribution in [1.82, 2.24) is 0 Å². The molecule has 1 amide bonds. The van der Waals surface area contributed by atoms with E-state index in [2.05, 4.69) is 11.6 Å². The Morgan fingerprint density at radius 1 is 1.04 bits per heavy atom. The maximum absolute atomic E-state index is 12.3. The fourth-order valence-electron chi connectivity index (χ4n) is 2.13. The molecule has 23 heavy (non-hydrogen) atoms. The average Bonchev–Trinajstić information content (AvgIpc) is 2.54. The van der Waals surface area contributed by atoms with Gasteiger partial charge in [-0.2, -0.15) is 0 Å². The Hall–Kier alpha value is -2.34. The topological polar surface area (TPSA) is 89.3 Å². The number of carbonyl (C=O) groups excluding carboxylic acids is 1. The van der Waals surface area contributed by atoms with Crippen LogP contribution in [0.3, 0.4) is 0 Å². The van der Waals surface area contributed by atoms with Crippen molar-refractivity contribution in [3.05, 3.63) is 59.7 Å². The summed E-state index contributed by atoms with van der Waals surface area (Å²) in [6.07, 6.45) is 3.21. The number of hydrogen-bond acceptors (Lipinski definition) is 3. The summed E-state index contributed by atoms with van der Waals surface area (Å²) < 4.78 is 27.1. The largest absolute Gasteiger partial charge is 0.366 e. The second-order valence-electron chi connectivity index (χ2n) is 5.29. The molecule has 0 spiro atoms. The van der Waals surface area contributed by atoms with Gasteiger partial charge in [0.05, 0.1) is 4.90 Å². The molecule has 0 heterocycles. The van der Waals surface area contributed by atoms with Gasteiger partial charge >= 0.3 is 0 Å². The van der Waals surface area contributed by atoms with Gasteiger partial charge < -0.3 is 5.73 Å². The zero-order chi connectivity index (χ0) is 16.9. The van der Waals surface area contributed by atoms with Crippen molar-refractivity contribution in [2.45, 2.75) is 31.1 Å². The summed E-state index contributed by atoms with van der Waals surface area (Å²) in [7, 11) is -3.69. The molecule has 5 nitrogen and oxygen atoms in total. The van der Waals surface area contributed by atoms with Crippen LogP contribution in [0.2, 0.25) is 0 Å². The van der Waals surface area contributed by atoms with Crippen LogP contribution in [0.25, 0.3) is 0 Å². The van der Waals surface area contributed by atoms with Gasteiger partial charge in [-0.25, -0.2) is 8.42 Å². The molecule has 0 aliphatic heterocycles. The number of nitrogens with one attached hydrogen (secondary N) is 1. The van der Waals surface area contributed by atoms with Crippen molar-refractivity contribution in [2.24, 2.45) is 5.73 Å². The minimum atomic E-state index is -3.69. The average molecular weight is 332 g/mol. The van der Waals surface area contributed by atoms with E-state index in [9.17, 15) is 13.2 Å². The number of hydrogen-bond donors (Lipinski definition) is 2. The summed E-state index contributed by atoms with van der Waals surface area (Å²) in [6.45, 7) is 2.13. The summed E-state index contributed by atoms with van der Waals surface area (Å²) in [4.78, 5) is 11.1. The van der Waals surface area contributed by atoms with E-state index in [0.29, 0.717) is 5.69 Å². The van der Waals surface area contributed by atoms with E-state index >= 15 is 0 Å². The normalized spacial score (nSPS) is 11.2. The number of carbonyl (C=O) groups is 1. The molecule has 2 aromatic rings. The molecule has 0 atom stereocenters. The van der Waals surface area contributed by atoms with E-state index in [1.807, 2.05) is 12.1 Å². The molecule has 2 aromatic carbocycles. The van der Waals surface area contributed by atoms with E-state index in [0.717, 1.165) is 19.3 Å².